The normalized spacial score (nSPS) is 11.0. The minimum Gasteiger partial charge on any atom is -0.466 e. The van der Waals surface area contributed by atoms with E-state index in [1.807, 2.05) is 24.3 Å². The van der Waals surface area contributed by atoms with Crippen molar-refractivity contribution in [2.24, 2.45) is 0 Å². The molecule has 0 unspecified atom stereocenters. The highest BCUT2D eigenvalue weighted by Gasteiger charge is 2.15. The van der Waals surface area contributed by atoms with E-state index in [9.17, 15) is 14.4 Å². The Labute approximate surface area is 178 Å². The molecule has 31 heavy (non-hydrogen) atoms. The molecule has 0 radical (unpaired) electrons. The van der Waals surface area contributed by atoms with Gasteiger partial charge in [0.15, 0.2) is 0 Å². The molecule has 3 aromatic rings. The largest absolute Gasteiger partial charge is 0.466 e. The molecule has 1 aromatic heterocycles. The number of hydrogen-bond donors (Lipinski definition) is 1. The van der Waals surface area contributed by atoms with Gasteiger partial charge in [0, 0.05) is 16.6 Å². The van der Waals surface area contributed by atoms with Gasteiger partial charge in [-0.3, -0.25) is 0 Å². The van der Waals surface area contributed by atoms with E-state index in [2.05, 4.69) is 19.8 Å². The third-order valence-electron chi connectivity index (χ3n) is 4.45. The molecule has 0 aliphatic rings. The van der Waals surface area contributed by atoms with E-state index in [1.165, 1.54) is 21.3 Å². The van der Waals surface area contributed by atoms with Crippen molar-refractivity contribution in [2.75, 3.05) is 26.6 Å². The van der Waals surface area contributed by atoms with Crippen molar-refractivity contribution >= 4 is 34.5 Å². The molecule has 0 aliphatic heterocycles. The molecule has 1 N–H and O–H groups in total. The third kappa shape index (κ3) is 4.87. The van der Waals surface area contributed by atoms with Crippen LogP contribution in [0.4, 0.5) is 5.69 Å². The number of para-hydroxylation sites is 1. The van der Waals surface area contributed by atoms with Crippen molar-refractivity contribution in [3.05, 3.63) is 71.9 Å². The highest BCUT2D eigenvalue weighted by molar-refractivity contribution is 6.04. The molecular weight excluding hydrogens is 400 g/mol. The Bertz CT molecular complexity index is 1170. The van der Waals surface area contributed by atoms with Crippen LogP contribution in [0.25, 0.3) is 22.2 Å². The summed E-state index contributed by atoms with van der Waals surface area (Å²) in [7, 11) is 3.75. The van der Waals surface area contributed by atoms with E-state index in [4.69, 9.17) is 4.74 Å². The van der Waals surface area contributed by atoms with Crippen LogP contribution >= 0.6 is 0 Å². The lowest BCUT2D eigenvalue weighted by atomic mass is 10.0. The van der Waals surface area contributed by atoms with E-state index in [-0.39, 0.29) is 5.70 Å². The summed E-state index contributed by atoms with van der Waals surface area (Å²) < 4.78 is 14.1. The summed E-state index contributed by atoms with van der Waals surface area (Å²) in [5.41, 5.74) is 2.88. The number of carbonyl (C=O) groups excluding carboxylic acids is 3. The number of aromatic nitrogens is 1. The Morgan fingerprint density at radius 3 is 2.26 bits per heavy atom. The van der Waals surface area contributed by atoms with Gasteiger partial charge in [0.1, 0.15) is 5.70 Å². The van der Waals surface area contributed by atoms with Crippen LogP contribution in [0.5, 0.6) is 0 Å². The fourth-order valence-electron chi connectivity index (χ4n) is 2.91. The van der Waals surface area contributed by atoms with Crippen molar-refractivity contribution in [1.29, 1.82) is 0 Å². The number of nitrogens with one attached hydrogen (secondary N) is 1. The zero-order valence-electron chi connectivity index (χ0n) is 17.2. The predicted molar refractivity (Wildman–Crippen MR) is 114 cm³/mol. The van der Waals surface area contributed by atoms with Crippen molar-refractivity contribution in [1.82, 2.24) is 4.98 Å². The third-order valence-corrected chi connectivity index (χ3v) is 4.45. The Balaban J connectivity index is 1.95. The van der Waals surface area contributed by atoms with Gasteiger partial charge >= 0.3 is 17.9 Å². The standard InChI is InChI=1S/C23H20N2O6/c1-29-21(26)13-20(23(28)31-3)24-15-10-8-14(9-11-15)19-12-17(22(27)30-2)16-6-4-5-7-18(16)25-19/h4-13,24H,1-3H3/b20-13+. The van der Waals surface area contributed by atoms with Gasteiger partial charge in [-0.05, 0) is 24.3 Å². The summed E-state index contributed by atoms with van der Waals surface area (Å²) >= 11 is 0. The van der Waals surface area contributed by atoms with Gasteiger partial charge in [0.2, 0.25) is 0 Å². The van der Waals surface area contributed by atoms with E-state index >= 15 is 0 Å². The monoisotopic (exact) mass is 420 g/mol. The number of ether oxygens (including phenoxy) is 3. The predicted octanol–water partition coefficient (Wildman–Crippen LogP) is 3.33. The number of hydrogen-bond acceptors (Lipinski definition) is 8. The Morgan fingerprint density at radius 2 is 1.61 bits per heavy atom. The summed E-state index contributed by atoms with van der Waals surface area (Å²) in [5.74, 6) is -1.86. The zero-order chi connectivity index (χ0) is 22.4. The van der Waals surface area contributed by atoms with Gasteiger partial charge in [-0.1, -0.05) is 30.3 Å². The first-order valence-corrected chi connectivity index (χ1v) is 9.20. The number of fused-ring (bicyclic) bond motifs is 1. The van der Waals surface area contributed by atoms with Crippen LogP contribution in [0.2, 0.25) is 0 Å². The van der Waals surface area contributed by atoms with Gasteiger partial charge < -0.3 is 19.5 Å². The summed E-state index contributed by atoms with van der Waals surface area (Å²) in [6, 6.07) is 15.9. The molecule has 158 valence electrons. The molecule has 0 saturated heterocycles. The first kappa shape index (κ1) is 21.5. The SMILES string of the molecule is COC(=O)/C=C(/Nc1ccc(-c2cc(C(=O)OC)c3ccccc3n2)cc1)C(=O)OC. The lowest BCUT2D eigenvalue weighted by Crippen LogP contribution is -2.15. The lowest BCUT2D eigenvalue weighted by Gasteiger charge is -2.11. The van der Waals surface area contributed by atoms with Gasteiger partial charge in [0.25, 0.3) is 0 Å². The highest BCUT2D eigenvalue weighted by atomic mass is 16.5. The molecular formula is C23H20N2O6. The molecule has 0 amide bonds. The Morgan fingerprint density at radius 1 is 0.903 bits per heavy atom. The van der Waals surface area contributed by atoms with Crippen molar-refractivity contribution < 1.29 is 28.6 Å². The van der Waals surface area contributed by atoms with Crippen LogP contribution in [-0.2, 0) is 23.8 Å². The number of nitrogens with zero attached hydrogens (tertiary/aromatic N) is 1. The van der Waals surface area contributed by atoms with E-state index in [1.54, 1.807) is 30.3 Å². The molecule has 0 bridgehead atoms. The molecule has 0 saturated carbocycles. The maximum atomic E-state index is 12.2. The first-order chi connectivity index (χ1) is 15.0. The molecule has 0 atom stereocenters. The summed E-state index contributed by atoms with van der Waals surface area (Å²) in [5, 5.41) is 3.53. The van der Waals surface area contributed by atoms with Crippen molar-refractivity contribution in [2.45, 2.75) is 0 Å². The first-order valence-electron chi connectivity index (χ1n) is 9.20. The van der Waals surface area contributed by atoms with Crippen molar-refractivity contribution in [3.63, 3.8) is 0 Å². The minimum atomic E-state index is -0.714. The van der Waals surface area contributed by atoms with Crippen LogP contribution in [0.1, 0.15) is 10.4 Å². The maximum Gasteiger partial charge on any atom is 0.354 e. The Kier molecular flexibility index (Phi) is 6.61. The topological polar surface area (TPSA) is 104 Å². The Hall–Kier alpha value is -4.20. The van der Waals surface area contributed by atoms with Gasteiger partial charge in [-0.15, -0.1) is 0 Å². The van der Waals surface area contributed by atoms with Crippen LogP contribution < -0.4 is 5.32 Å². The summed E-state index contributed by atoms with van der Waals surface area (Å²) in [4.78, 5) is 40.3. The smallest absolute Gasteiger partial charge is 0.354 e. The molecule has 2 aromatic carbocycles. The maximum absolute atomic E-state index is 12.2. The van der Waals surface area contributed by atoms with E-state index in [0.29, 0.717) is 27.8 Å². The van der Waals surface area contributed by atoms with Crippen LogP contribution in [0, 0.1) is 0 Å². The fraction of sp³-hybridized carbons (Fsp3) is 0.130. The number of rotatable bonds is 6. The van der Waals surface area contributed by atoms with Gasteiger partial charge in [0.05, 0.1) is 44.2 Å². The van der Waals surface area contributed by atoms with E-state index < -0.39 is 17.9 Å². The van der Waals surface area contributed by atoms with Crippen LogP contribution in [0.15, 0.2) is 66.4 Å². The molecule has 8 nitrogen and oxygen atoms in total. The molecule has 3 rings (SSSR count). The second-order valence-corrected chi connectivity index (χ2v) is 6.34. The molecule has 8 heteroatoms. The number of carbonyl (C=O) groups is 3. The van der Waals surface area contributed by atoms with Gasteiger partial charge in [-0.2, -0.15) is 0 Å². The summed E-state index contributed by atoms with van der Waals surface area (Å²) in [6.45, 7) is 0. The summed E-state index contributed by atoms with van der Waals surface area (Å²) in [6.07, 6.45) is 1.01. The van der Waals surface area contributed by atoms with E-state index in [0.717, 1.165) is 11.6 Å². The number of pyridine rings is 1. The molecule has 0 spiro atoms. The average molecular weight is 420 g/mol. The molecule has 0 fully saturated rings. The zero-order valence-corrected chi connectivity index (χ0v) is 17.2. The molecule has 0 aliphatic carbocycles. The fourth-order valence-corrected chi connectivity index (χ4v) is 2.91. The highest BCUT2D eigenvalue weighted by Crippen LogP contribution is 2.26. The van der Waals surface area contributed by atoms with Crippen LogP contribution in [-0.4, -0.2) is 44.2 Å². The van der Waals surface area contributed by atoms with Crippen LogP contribution in [0.3, 0.4) is 0 Å². The minimum absolute atomic E-state index is 0.0705. The van der Waals surface area contributed by atoms with Gasteiger partial charge in [-0.25, -0.2) is 19.4 Å². The number of esters is 3. The second-order valence-electron chi connectivity index (χ2n) is 6.34. The number of methoxy groups -OCH3 is 3. The van der Waals surface area contributed by atoms with Crippen molar-refractivity contribution in [3.8, 4) is 11.3 Å². The number of benzene rings is 2. The number of anilines is 1. The lowest BCUT2D eigenvalue weighted by molar-refractivity contribution is -0.138. The quantitative estimate of drug-likeness (QED) is 0.368. The average Bonchev–Trinajstić information content (AvgIpc) is 2.82. The molecule has 1 heterocycles. The second kappa shape index (κ2) is 9.53.